The minimum Gasteiger partial charge on any atom is -0.454 e. The molecule has 0 unspecified atom stereocenters. The monoisotopic (exact) mass is 273 g/mol. The lowest BCUT2D eigenvalue weighted by molar-refractivity contribution is 0.436. The quantitative estimate of drug-likeness (QED) is 0.889. The van der Waals surface area contributed by atoms with Crippen molar-refractivity contribution in [1.29, 1.82) is 0 Å². The van der Waals surface area contributed by atoms with Crippen molar-refractivity contribution in [3.8, 4) is 11.5 Å². The molecule has 0 amide bonds. The van der Waals surface area contributed by atoms with Crippen LogP contribution in [0.1, 0.15) is 36.5 Å². The number of rotatable bonds is 4. The maximum atomic E-state index is 13.9. The number of aryl methyl sites for hydroxylation is 1. The molecular formula is C17H20FNO. The Morgan fingerprint density at radius 3 is 2.55 bits per heavy atom. The van der Waals surface area contributed by atoms with E-state index in [1.54, 1.807) is 12.1 Å². The van der Waals surface area contributed by atoms with Crippen molar-refractivity contribution >= 4 is 0 Å². The van der Waals surface area contributed by atoms with Crippen LogP contribution in [0.4, 0.5) is 4.39 Å². The summed E-state index contributed by atoms with van der Waals surface area (Å²) in [6, 6.07) is 10.6. The molecular weight excluding hydrogens is 253 g/mol. The van der Waals surface area contributed by atoms with Gasteiger partial charge in [-0.3, -0.25) is 0 Å². The minimum absolute atomic E-state index is 0.215. The molecule has 0 aromatic heterocycles. The molecule has 0 saturated heterocycles. The Morgan fingerprint density at radius 1 is 1.20 bits per heavy atom. The number of benzene rings is 2. The van der Waals surface area contributed by atoms with Gasteiger partial charge in [-0.1, -0.05) is 32.0 Å². The van der Waals surface area contributed by atoms with E-state index in [4.69, 9.17) is 10.5 Å². The Bertz CT molecular complexity index is 608. The second kappa shape index (κ2) is 6.06. The second-order valence-corrected chi connectivity index (χ2v) is 5.21. The zero-order valence-corrected chi connectivity index (χ0v) is 12.1. The lowest BCUT2D eigenvalue weighted by Gasteiger charge is -2.14. The lowest BCUT2D eigenvalue weighted by atomic mass is 9.98. The molecule has 0 fully saturated rings. The molecule has 2 N–H and O–H groups in total. The van der Waals surface area contributed by atoms with Crippen LogP contribution in [-0.2, 0) is 6.54 Å². The van der Waals surface area contributed by atoms with Crippen LogP contribution in [0.15, 0.2) is 36.4 Å². The Hall–Kier alpha value is -1.87. The van der Waals surface area contributed by atoms with Crippen LogP contribution in [0.25, 0.3) is 0 Å². The molecule has 2 aromatic carbocycles. The molecule has 0 aliphatic carbocycles. The summed E-state index contributed by atoms with van der Waals surface area (Å²) in [5.74, 6) is 0.911. The minimum atomic E-state index is -0.390. The summed E-state index contributed by atoms with van der Waals surface area (Å²) in [7, 11) is 0. The van der Waals surface area contributed by atoms with Gasteiger partial charge in [0.2, 0.25) is 0 Å². The molecule has 0 atom stereocenters. The average molecular weight is 273 g/mol. The van der Waals surface area contributed by atoms with Gasteiger partial charge in [-0.2, -0.15) is 0 Å². The SMILES string of the molecule is Cc1cc(Oc2c(F)cccc2CN)ccc1C(C)C. The molecule has 2 rings (SSSR count). The first kappa shape index (κ1) is 14.5. The molecule has 0 radical (unpaired) electrons. The van der Waals surface area contributed by atoms with Gasteiger partial charge in [0.1, 0.15) is 5.75 Å². The first-order chi connectivity index (χ1) is 9.52. The van der Waals surface area contributed by atoms with Crippen LogP contribution in [-0.4, -0.2) is 0 Å². The maximum Gasteiger partial charge on any atom is 0.167 e. The molecule has 106 valence electrons. The van der Waals surface area contributed by atoms with E-state index >= 15 is 0 Å². The largest absolute Gasteiger partial charge is 0.454 e. The average Bonchev–Trinajstić information content (AvgIpc) is 2.40. The number of para-hydroxylation sites is 1. The third kappa shape index (κ3) is 2.99. The molecule has 2 nitrogen and oxygen atoms in total. The fourth-order valence-corrected chi connectivity index (χ4v) is 2.31. The van der Waals surface area contributed by atoms with E-state index in [-0.39, 0.29) is 12.3 Å². The van der Waals surface area contributed by atoms with Crippen LogP contribution >= 0.6 is 0 Å². The zero-order chi connectivity index (χ0) is 14.7. The lowest BCUT2D eigenvalue weighted by Crippen LogP contribution is -2.01. The third-order valence-electron chi connectivity index (χ3n) is 3.35. The van der Waals surface area contributed by atoms with Gasteiger partial charge in [-0.25, -0.2) is 4.39 Å². The van der Waals surface area contributed by atoms with E-state index in [9.17, 15) is 4.39 Å². The zero-order valence-electron chi connectivity index (χ0n) is 12.1. The number of halogens is 1. The van der Waals surface area contributed by atoms with E-state index in [1.165, 1.54) is 11.6 Å². The summed E-state index contributed by atoms with van der Waals surface area (Å²) in [5, 5.41) is 0. The van der Waals surface area contributed by atoms with E-state index in [0.29, 0.717) is 17.2 Å². The molecule has 0 aliphatic heterocycles. The van der Waals surface area contributed by atoms with E-state index in [0.717, 1.165) is 5.56 Å². The number of hydrogen-bond donors (Lipinski definition) is 1. The Kier molecular flexibility index (Phi) is 4.40. The first-order valence-electron chi connectivity index (χ1n) is 6.78. The van der Waals surface area contributed by atoms with Crippen LogP contribution in [0.2, 0.25) is 0 Å². The van der Waals surface area contributed by atoms with Crippen molar-refractivity contribution in [3.63, 3.8) is 0 Å². The molecule has 0 bridgehead atoms. The molecule has 2 aromatic rings. The van der Waals surface area contributed by atoms with Gasteiger partial charge in [-0.15, -0.1) is 0 Å². The Balaban J connectivity index is 2.34. The highest BCUT2D eigenvalue weighted by molar-refractivity contribution is 5.42. The van der Waals surface area contributed by atoms with Gasteiger partial charge in [0, 0.05) is 12.1 Å². The standard InChI is InChI=1S/C17H20FNO/c1-11(2)15-8-7-14(9-12(15)3)20-17-13(10-19)5-4-6-16(17)18/h4-9,11H,10,19H2,1-3H3. The predicted octanol–water partition coefficient (Wildman–Crippen LogP) is 4.51. The summed E-state index contributed by atoms with van der Waals surface area (Å²) in [4.78, 5) is 0. The van der Waals surface area contributed by atoms with Gasteiger partial charge in [-0.05, 0) is 42.2 Å². The normalized spacial score (nSPS) is 10.9. The molecule has 0 saturated carbocycles. The molecule has 0 aliphatic rings. The second-order valence-electron chi connectivity index (χ2n) is 5.21. The smallest absolute Gasteiger partial charge is 0.167 e. The molecule has 20 heavy (non-hydrogen) atoms. The Morgan fingerprint density at radius 2 is 1.95 bits per heavy atom. The van der Waals surface area contributed by atoms with Crippen molar-refractivity contribution in [2.45, 2.75) is 33.2 Å². The van der Waals surface area contributed by atoms with Crippen LogP contribution in [0.5, 0.6) is 11.5 Å². The van der Waals surface area contributed by atoms with Gasteiger partial charge in [0.25, 0.3) is 0 Å². The summed E-state index contributed by atoms with van der Waals surface area (Å²) >= 11 is 0. The van der Waals surface area contributed by atoms with Crippen LogP contribution < -0.4 is 10.5 Å². The maximum absolute atomic E-state index is 13.9. The Labute approximate surface area is 119 Å². The van der Waals surface area contributed by atoms with Crippen molar-refractivity contribution < 1.29 is 9.13 Å². The fraction of sp³-hybridized carbons (Fsp3) is 0.294. The topological polar surface area (TPSA) is 35.2 Å². The molecule has 3 heteroatoms. The summed E-state index contributed by atoms with van der Waals surface area (Å²) < 4.78 is 19.5. The van der Waals surface area contributed by atoms with Gasteiger partial charge >= 0.3 is 0 Å². The van der Waals surface area contributed by atoms with Crippen LogP contribution in [0.3, 0.4) is 0 Å². The van der Waals surface area contributed by atoms with Gasteiger partial charge in [0.05, 0.1) is 0 Å². The first-order valence-corrected chi connectivity index (χ1v) is 6.78. The van der Waals surface area contributed by atoms with Crippen molar-refractivity contribution in [1.82, 2.24) is 0 Å². The number of hydrogen-bond acceptors (Lipinski definition) is 2. The third-order valence-corrected chi connectivity index (χ3v) is 3.35. The van der Waals surface area contributed by atoms with Crippen molar-refractivity contribution in [3.05, 3.63) is 58.9 Å². The van der Waals surface area contributed by atoms with Crippen molar-refractivity contribution in [2.24, 2.45) is 5.73 Å². The summed E-state index contributed by atoms with van der Waals surface area (Å²) in [6.07, 6.45) is 0. The summed E-state index contributed by atoms with van der Waals surface area (Å²) in [5.41, 5.74) is 8.69. The predicted molar refractivity (Wildman–Crippen MR) is 79.6 cm³/mol. The van der Waals surface area contributed by atoms with Gasteiger partial charge in [0.15, 0.2) is 11.6 Å². The highest BCUT2D eigenvalue weighted by Gasteiger charge is 2.11. The van der Waals surface area contributed by atoms with E-state index < -0.39 is 5.82 Å². The highest BCUT2D eigenvalue weighted by Crippen LogP contribution is 2.30. The summed E-state index contributed by atoms with van der Waals surface area (Å²) in [6.45, 7) is 6.57. The molecule has 0 heterocycles. The van der Waals surface area contributed by atoms with Crippen molar-refractivity contribution in [2.75, 3.05) is 0 Å². The number of ether oxygens (including phenoxy) is 1. The van der Waals surface area contributed by atoms with E-state index in [2.05, 4.69) is 13.8 Å². The van der Waals surface area contributed by atoms with Crippen LogP contribution in [0, 0.1) is 12.7 Å². The number of nitrogens with two attached hydrogens (primary N) is 1. The fourth-order valence-electron chi connectivity index (χ4n) is 2.31. The highest BCUT2D eigenvalue weighted by atomic mass is 19.1. The van der Waals surface area contributed by atoms with Gasteiger partial charge < -0.3 is 10.5 Å². The molecule has 0 spiro atoms. The van der Waals surface area contributed by atoms with E-state index in [1.807, 2.05) is 25.1 Å².